The van der Waals surface area contributed by atoms with Crippen LogP contribution in [0, 0.1) is 10.1 Å². The fraction of sp³-hybridized carbons (Fsp3) is 0. The summed E-state index contributed by atoms with van der Waals surface area (Å²) in [5.74, 6) is -0.890. The van der Waals surface area contributed by atoms with Gasteiger partial charge in [-0.05, 0) is 17.1 Å². The molecule has 0 fully saturated rings. The molecule has 8 nitrogen and oxygen atoms in total. The molecule has 0 saturated carbocycles. The summed E-state index contributed by atoms with van der Waals surface area (Å²) >= 11 is 0. The van der Waals surface area contributed by atoms with Crippen molar-refractivity contribution >= 4 is 22.9 Å². The Kier molecular flexibility index (Phi) is 2.99. The van der Waals surface area contributed by atoms with Gasteiger partial charge >= 0.3 is 5.82 Å². The highest BCUT2D eigenvalue weighted by Gasteiger charge is 2.23. The number of fused-ring (bicyclic) bond motifs is 1. The Labute approximate surface area is 124 Å². The number of para-hydroxylation sites is 1. The molecule has 8 heteroatoms. The van der Waals surface area contributed by atoms with Crippen molar-refractivity contribution in [1.29, 1.82) is 0 Å². The van der Waals surface area contributed by atoms with Crippen LogP contribution in [0.25, 0.3) is 16.6 Å². The molecule has 22 heavy (non-hydrogen) atoms. The molecule has 0 saturated heterocycles. The first kappa shape index (κ1) is 13.6. The largest absolute Gasteiger partial charge is 0.398 e. The molecule has 3 rings (SSSR count). The molecule has 1 aromatic carbocycles. The Morgan fingerprint density at radius 2 is 1.95 bits per heavy atom. The predicted octanol–water partition coefficient (Wildman–Crippen LogP) is 1.59. The first-order valence-corrected chi connectivity index (χ1v) is 6.30. The lowest BCUT2D eigenvalue weighted by atomic mass is 9.99. The summed E-state index contributed by atoms with van der Waals surface area (Å²) in [4.78, 5) is 22.2. The lowest BCUT2D eigenvalue weighted by Gasteiger charge is -2.09. The van der Waals surface area contributed by atoms with Crippen molar-refractivity contribution in [1.82, 2.24) is 9.61 Å². The van der Waals surface area contributed by atoms with Crippen molar-refractivity contribution in [2.75, 3.05) is 5.73 Å². The Hall–Kier alpha value is -3.42. The maximum absolute atomic E-state index is 11.7. The number of rotatable bonds is 3. The summed E-state index contributed by atoms with van der Waals surface area (Å²) in [5, 5.41) is 15.0. The number of hydrogen-bond acceptors (Lipinski definition) is 5. The Balaban J connectivity index is 2.44. The Morgan fingerprint density at radius 3 is 2.59 bits per heavy atom. The normalized spacial score (nSPS) is 10.7. The van der Waals surface area contributed by atoms with Gasteiger partial charge in [-0.3, -0.25) is 4.79 Å². The quantitative estimate of drug-likeness (QED) is 0.430. The molecule has 0 unspecified atom stereocenters. The van der Waals surface area contributed by atoms with E-state index in [2.05, 4.69) is 5.10 Å². The summed E-state index contributed by atoms with van der Waals surface area (Å²) in [6.07, 6.45) is 1.21. The first-order valence-electron chi connectivity index (χ1n) is 6.30. The average Bonchev–Trinajstić information content (AvgIpc) is 2.91. The van der Waals surface area contributed by atoms with Gasteiger partial charge in [0.25, 0.3) is 5.91 Å². The molecule has 0 bridgehead atoms. The second-order valence-corrected chi connectivity index (χ2v) is 4.63. The maximum atomic E-state index is 11.7. The van der Waals surface area contributed by atoms with Crippen LogP contribution in [0.15, 0.2) is 42.6 Å². The van der Waals surface area contributed by atoms with Crippen molar-refractivity contribution in [2.24, 2.45) is 5.73 Å². The summed E-state index contributed by atoms with van der Waals surface area (Å²) in [7, 11) is 0. The molecular weight excluding hydrogens is 286 g/mol. The molecule has 0 radical (unpaired) electrons. The SMILES string of the molecule is NC(=O)c1cnn2c([N+](=O)[O-])ccc2c1-c1ccccc1N. The van der Waals surface area contributed by atoms with Crippen LogP contribution in [-0.4, -0.2) is 20.4 Å². The molecule has 0 aliphatic rings. The van der Waals surface area contributed by atoms with Gasteiger partial charge in [0.1, 0.15) is 0 Å². The Bertz CT molecular complexity index is 916. The molecule has 110 valence electrons. The van der Waals surface area contributed by atoms with Crippen LogP contribution < -0.4 is 11.5 Å². The molecule has 0 spiro atoms. The number of aromatic nitrogens is 2. The monoisotopic (exact) mass is 297 g/mol. The zero-order valence-electron chi connectivity index (χ0n) is 11.3. The summed E-state index contributed by atoms with van der Waals surface area (Å²) in [5.41, 5.74) is 13.3. The van der Waals surface area contributed by atoms with Crippen LogP contribution >= 0.6 is 0 Å². The minimum absolute atomic E-state index is 0.151. The van der Waals surface area contributed by atoms with E-state index in [0.29, 0.717) is 22.3 Å². The summed E-state index contributed by atoms with van der Waals surface area (Å²) < 4.78 is 1.15. The van der Waals surface area contributed by atoms with E-state index in [1.165, 1.54) is 18.3 Å². The van der Waals surface area contributed by atoms with E-state index in [0.717, 1.165) is 4.52 Å². The number of anilines is 1. The number of primary amides is 1. The summed E-state index contributed by atoms with van der Waals surface area (Å²) in [6, 6.07) is 9.73. The van der Waals surface area contributed by atoms with E-state index < -0.39 is 10.8 Å². The second kappa shape index (κ2) is 4.85. The zero-order valence-corrected chi connectivity index (χ0v) is 11.3. The lowest BCUT2D eigenvalue weighted by Crippen LogP contribution is -2.15. The van der Waals surface area contributed by atoms with Crippen molar-refractivity contribution < 1.29 is 9.72 Å². The topological polar surface area (TPSA) is 130 Å². The highest BCUT2D eigenvalue weighted by atomic mass is 16.6. The summed E-state index contributed by atoms with van der Waals surface area (Å²) in [6.45, 7) is 0. The zero-order chi connectivity index (χ0) is 15.9. The van der Waals surface area contributed by atoms with Crippen molar-refractivity contribution in [3.8, 4) is 11.1 Å². The van der Waals surface area contributed by atoms with Crippen molar-refractivity contribution in [3.63, 3.8) is 0 Å². The van der Waals surface area contributed by atoms with E-state index in [4.69, 9.17) is 11.5 Å². The number of benzene rings is 1. The number of hydrogen-bond donors (Lipinski definition) is 2. The maximum Gasteiger partial charge on any atom is 0.348 e. The highest BCUT2D eigenvalue weighted by molar-refractivity contribution is 6.05. The van der Waals surface area contributed by atoms with Gasteiger partial charge in [0.15, 0.2) is 5.52 Å². The standard InChI is InChI=1S/C14H11N5O3/c15-10-4-2-1-3-8(10)13-9(14(16)20)7-17-18-11(13)5-6-12(18)19(21)22/h1-7H,15H2,(H2,16,20). The lowest BCUT2D eigenvalue weighted by molar-refractivity contribution is -0.390. The van der Waals surface area contributed by atoms with Gasteiger partial charge in [-0.1, -0.05) is 27.8 Å². The van der Waals surface area contributed by atoms with Gasteiger partial charge in [0.2, 0.25) is 0 Å². The van der Waals surface area contributed by atoms with Crippen LogP contribution in [0.2, 0.25) is 0 Å². The average molecular weight is 297 g/mol. The molecule has 2 aromatic heterocycles. The van der Waals surface area contributed by atoms with Gasteiger partial charge in [0, 0.05) is 22.9 Å². The van der Waals surface area contributed by atoms with Gasteiger partial charge in [-0.2, -0.15) is 0 Å². The second-order valence-electron chi connectivity index (χ2n) is 4.63. The van der Waals surface area contributed by atoms with Crippen LogP contribution in [0.3, 0.4) is 0 Å². The number of carbonyl (C=O) groups excluding carboxylic acids is 1. The van der Waals surface area contributed by atoms with E-state index in [1.54, 1.807) is 24.3 Å². The van der Waals surface area contributed by atoms with Crippen LogP contribution in [0.5, 0.6) is 0 Å². The van der Waals surface area contributed by atoms with E-state index in [-0.39, 0.29) is 11.4 Å². The molecule has 3 aromatic rings. The number of nitrogens with zero attached hydrogens (tertiary/aromatic N) is 3. The molecule has 1 amide bonds. The minimum atomic E-state index is -0.683. The third kappa shape index (κ3) is 1.94. The van der Waals surface area contributed by atoms with Crippen molar-refractivity contribution in [3.05, 3.63) is 58.3 Å². The molecular formula is C14H11N5O3. The van der Waals surface area contributed by atoms with E-state index in [1.807, 2.05) is 0 Å². The Morgan fingerprint density at radius 1 is 1.23 bits per heavy atom. The number of nitro groups is 1. The van der Waals surface area contributed by atoms with E-state index >= 15 is 0 Å². The minimum Gasteiger partial charge on any atom is -0.398 e. The third-order valence-corrected chi connectivity index (χ3v) is 3.35. The molecule has 4 N–H and O–H groups in total. The number of amides is 1. The molecule has 2 heterocycles. The molecule has 0 atom stereocenters. The molecule has 0 aliphatic carbocycles. The number of nitrogens with two attached hydrogens (primary N) is 2. The van der Waals surface area contributed by atoms with Crippen LogP contribution in [-0.2, 0) is 0 Å². The van der Waals surface area contributed by atoms with Crippen LogP contribution in [0.4, 0.5) is 11.5 Å². The van der Waals surface area contributed by atoms with Gasteiger partial charge in [-0.15, -0.1) is 0 Å². The van der Waals surface area contributed by atoms with Gasteiger partial charge < -0.3 is 21.6 Å². The van der Waals surface area contributed by atoms with Gasteiger partial charge in [-0.25, -0.2) is 0 Å². The van der Waals surface area contributed by atoms with Crippen LogP contribution in [0.1, 0.15) is 10.4 Å². The van der Waals surface area contributed by atoms with Crippen molar-refractivity contribution in [2.45, 2.75) is 0 Å². The first-order chi connectivity index (χ1) is 10.5. The van der Waals surface area contributed by atoms with Gasteiger partial charge in [0.05, 0.1) is 11.8 Å². The number of carbonyl (C=O) groups is 1. The fourth-order valence-corrected chi connectivity index (χ4v) is 2.38. The number of nitrogen functional groups attached to an aromatic ring is 1. The smallest absolute Gasteiger partial charge is 0.348 e. The predicted molar refractivity (Wildman–Crippen MR) is 80.2 cm³/mol. The third-order valence-electron chi connectivity index (χ3n) is 3.35. The van der Waals surface area contributed by atoms with E-state index in [9.17, 15) is 14.9 Å². The highest BCUT2D eigenvalue weighted by Crippen LogP contribution is 2.34. The molecule has 0 aliphatic heterocycles. The fourth-order valence-electron chi connectivity index (χ4n) is 2.38.